The molecule has 1 aliphatic rings. The molecule has 0 spiro atoms. The van der Waals surface area contributed by atoms with Crippen molar-refractivity contribution < 1.29 is 23.8 Å². The number of furan rings is 1. The Kier molecular flexibility index (Phi) is 7.32. The van der Waals surface area contributed by atoms with Crippen LogP contribution in [0.15, 0.2) is 47.4 Å². The summed E-state index contributed by atoms with van der Waals surface area (Å²) in [5, 5.41) is 22.8. The molecular weight excluding hydrogens is 485 g/mol. The number of benzene rings is 1. The van der Waals surface area contributed by atoms with Crippen molar-refractivity contribution in [1.29, 1.82) is 0 Å². The van der Waals surface area contributed by atoms with Crippen molar-refractivity contribution in [1.82, 2.24) is 19.1 Å². The van der Waals surface area contributed by atoms with E-state index in [0.29, 0.717) is 16.9 Å². The van der Waals surface area contributed by atoms with Crippen LogP contribution in [0, 0.1) is 5.82 Å². The van der Waals surface area contributed by atoms with Gasteiger partial charge in [-0.3, -0.25) is 9.48 Å². The van der Waals surface area contributed by atoms with E-state index in [9.17, 15) is 9.50 Å². The van der Waals surface area contributed by atoms with Gasteiger partial charge in [-0.1, -0.05) is 7.43 Å². The van der Waals surface area contributed by atoms with Gasteiger partial charge in [0.1, 0.15) is 11.6 Å². The van der Waals surface area contributed by atoms with E-state index in [1.54, 1.807) is 24.7 Å². The van der Waals surface area contributed by atoms with Crippen molar-refractivity contribution >= 4 is 44.9 Å². The largest absolute Gasteiger partial charge is 0.483 e. The van der Waals surface area contributed by atoms with Crippen molar-refractivity contribution in [2.75, 3.05) is 5.73 Å². The topological polar surface area (TPSA) is 140 Å². The number of carbonyl (C=O) groups is 1. The number of aromatic nitrogens is 4. The number of carboxylic acid groups (broad SMARTS) is 1. The lowest BCUT2D eigenvalue weighted by molar-refractivity contribution is -0.122. The SMILES string of the molecule is C.Nc1ncc(-c2cnn(C3CCC(O)CC3)c2)c2cc(-c3c(F)ccc4cnsc34)oc12.O=CO. The summed E-state index contributed by atoms with van der Waals surface area (Å²) < 4.78 is 27.7. The fraction of sp³-hybridized carbons (Fsp3) is 0.280. The van der Waals surface area contributed by atoms with E-state index in [1.165, 1.54) is 17.6 Å². The van der Waals surface area contributed by atoms with Gasteiger partial charge in [0, 0.05) is 40.5 Å². The van der Waals surface area contributed by atoms with Gasteiger partial charge in [0.15, 0.2) is 11.4 Å². The molecule has 1 aromatic carbocycles. The fourth-order valence-electron chi connectivity index (χ4n) is 4.54. The number of rotatable bonds is 3. The molecule has 5 aromatic rings. The van der Waals surface area contributed by atoms with Gasteiger partial charge >= 0.3 is 0 Å². The first-order chi connectivity index (χ1) is 17.0. The second-order valence-electron chi connectivity index (χ2n) is 8.35. The number of hydrogen-bond donors (Lipinski definition) is 3. The lowest BCUT2D eigenvalue weighted by atomic mass is 9.93. The first-order valence-electron chi connectivity index (χ1n) is 11.0. The minimum absolute atomic E-state index is 0. The molecule has 188 valence electrons. The summed E-state index contributed by atoms with van der Waals surface area (Å²) in [7, 11) is 0. The molecule has 0 bridgehead atoms. The molecule has 4 N–H and O–H groups in total. The number of nitrogen functional groups attached to an aromatic ring is 1. The van der Waals surface area contributed by atoms with E-state index in [2.05, 4.69) is 14.5 Å². The molecule has 0 aliphatic heterocycles. The second-order valence-corrected chi connectivity index (χ2v) is 9.16. The second kappa shape index (κ2) is 10.4. The zero-order valence-electron chi connectivity index (χ0n) is 18.5. The minimum atomic E-state index is -0.374. The molecule has 4 aromatic heterocycles. The number of pyridine rings is 1. The molecule has 0 radical (unpaired) electrons. The summed E-state index contributed by atoms with van der Waals surface area (Å²) in [6, 6.07) is 5.21. The maximum absolute atomic E-state index is 14.8. The van der Waals surface area contributed by atoms with Crippen LogP contribution < -0.4 is 5.73 Å². The number of aliphatic hydroxyl groups excluding tert-OH is 1. The number of aliphatic hydroxyl groups is 1. The quantitative estimate of drug-likeness (QED) is 0.270. The smallest absolute Gasteiger partial charge is 0.290 e. The van der Waals surface area contributed by atoms with E-state index in [4.69, 9.17) is 20.1 Å². The number of nitrogens with zero attached hydrogens (tertiary/aromatic N) is 4. The van der Waals surface area contributed by atoms with Gasteiger partial charge in [0.05, 0.1) is 28.6 Å². The zero-order valence-corrected chi connectivity index (χ0v) is 19.3. The number of halogens is 1. The molecule has 0 saturated heterocycles. The average molecular weight is 512 g/mol. The normalized spacial score (nSPS) is 17.4. The Morgan fingerprint density at radius 3 is 2.69 bits per heavy atom. The third kappa shape index (κ3) is 4.54. The van der Waals surface area contributed by atoms with Gasteiger partial charge in [0.2, 0.25) is 0 Å². The van der Waals surface area contributed by atoms with Crippen LogP contribution in [0.5, 0.6) is 0 Å². The summed E-state index contributed by atoms with van der Waals surface area (Å²) >= 11 is 1.23. The number of nitrogens with two attached hydrogens (primary N) is 1. The fourth-order valence-corrected chi connectivity index (χ4v) is 5.32. The number of anilines is 1. The van der Waals surface area contributed by atoms with Gasteiger partial charge in [-0.05, 0) is 55.4 Å². The highest BCUT2D eigenvalue weighted by Gasteiger charge is 2.23. The van der Waals surface area contributed by atoms with Crippen LogP contribution in [0.4, 0.5) is 10.2 Å². The molecule has 6 rings (SSSR count). The van der Waals surface area contributed by atoms with E-state index >= 15 is 0 Å². The Morgan fingerprint density at radius 2 is 1.94 bits per heavy atom. The summed E-state index contributed by atoms with van der Waals surface area (Å²) in [5.41, 5.74) is 8.62. The predicted octanol–water partition coefficient (Wildman–Crippen LogP) is 5.50. The van der Waals surface area contributed by atoms with Crippen LogP contribution in [0.1, 0.15) is 39.2 Å². The standard InChI is InChI=1S/C23H20FN5O2S.CH2O2.CH4/c24-18-6-1-12-9-28-32-22(12)20(18)19-7-16-17(10-26-23(25)21(16)31-19)13-8-27-29(11-13)14-2-4-15(30)5-3-14;2-1-3;/h1,6-11,14-15,30H,2-5H2,(H2,25,26);1H,(H,2,3);1H4. The van der Waals surface area contributed by atoms with Crippen LogP contribution in [0.2, 0.25) is 0 Å². The molecule has 11 heteroatoms. The van der Waals surface area contributed by atoms with Crippen molar-refractivity contribution in [3.8, 4) is 22.5 Å². The summed E-state index contributed by atoms with van der Waals surface area (Å²) in [6.45, 7) is -0.250. The van der Waals surface area contributed by atoms with Gasteiger partial charge in [-0.25, -0.2) is 9.37 Å². The molecule has 1 fully saturated rings. The Bertz CT molecular complexity index is 1500. The van der Waals surface area contributed by atoms with Gasteiger partial charge in [-0.2, -0.15) is 9.47 Å². The molecule has 9 nitrogen and oxygen atoms in total. The van der Waals surface area contributed by atoms with Crippen LogP contribution in [0.25, 0.3) is 43.5 Å². The monoisotopic (exact) mass is 511 g/mol. The van der Waals surface area contributed by atoms with Crippen molar-refractivity contribution in [2.24, 2.45) is 0 Å². The van der Waals surface area contributed by atoms with Gasteiger partial charge in [-0.15, -0.1) is 0 Å². The van der Waals surface area contributed by atoms with Crippen molar-refractivity contribution in [2.45, 2.75) is 45.3 Å². The third-order valence-electron chi connectivity index (χ3n) is 6.26. The molecule has 4 heterocycles. The molecule has 0 amide bonds. The Balaban J connectivity index is 0.000000726. The predicted molar refractivity (Wildman–Crippen MR) is 137 cm³/mol. The first kappa shape index (κ1) is 25.3. The van der Waals surface area contributed by atoms with E-state index in [0.717, 1.165) is 52.3 Å². The molecular formula is C25H26FN5O4S. The number of hydrogen-bond acceptors (Lipinski definition) is 8. The van der Waals surface area contributed by atoms with Crippen LogP contribution in [0.3, 0.4) is 0 Å². The maximum atomic E-state index is 14.8. The zero-order chi connectivity index (χ0) is 24.5. The van der Waals surface area contributed by atoms with E-state index in [-0.39, 0.29) is 37.7 Å². The highest BCUT2D eigenvalue weighted by Crippen LogP contribution is 2.41. The van der Waals surface area contributed by atoms with Crippen molar-refractivity contribution in [3.05, 3.63) is 48.8 Å². The molecule has 1 aliphatic carbocycles. The molecule has 0 atom stereocenters. The lowest BCUT2D eigenvalue weighted by Gasteiger charge is -2.25. The Labute approximate surface area is 210 Å². The summed E-state index contributed by atoms with van der Waals surface area (Å²) in [6.07, 6.45) is 10.4. The van der Waals surface area contributed by atoms with E-state index < -0.39 is 0 Å². The Morgan fingerprint density at radius 1 is 1.19 bits per heavy atom. The highest BCUT2D eigenvalue weighted by atomic mass is 32.1. The molecule has 36 heavy (non-hydrogen) atoms. The summed E-state index contributed by atoms with van der Waals surface area (Å²) in [4.78, 5) is 12.7. The van der Waals surface area contributed by atoms with Gasteiger partial charge < -0.3 is 20.4 Å². The maximum Gasteiger partial charge on any atom is 0.290 e. The minimum Gasteiger partial charge on any atom is -0.483 e. The Hall–Kier alpha value is -3.83. The third-order valence-corrected chi connectivity index (χ3v) is 7.09. The number of fused-ring (bicyclic) bond motifs is 2. The molecule has 1 saturated carbocycles. The van der Waals surface area contributed by atoms with Crippen LogP contribution in [-0.2, 0) is 4.79 Å². The lowest BCUT2D eigenvalue weighted by Crippen LogP contribution is -2.21. The average Bonchev–Trinajstić information content (AvgIpc) is 3.60. The van der Waals surface area contributed by atoms with E-state index in [1.807, 2.05) is 16.9 Å². The highest BCUT2D eigenvalue weighted by molar-refractivity contribution is 7.13. The van der Waals surface area contributed by atoms with Crippen LogP contribution >= 0.6 is 11.5 Å². The van der Waals surface area contributed by atoms with Gasteiger partial charge in [0.25, 0.3) is 6.47 Å². The van der Waals surface area contributed by atoms with Crippen LogP contribution in [-0.4, -0.2) is 41.9 Å². The first-order valence-corrected chi connectivity index (χ1v) is 11.8. The summed E-state index contributed by atoms with van der Waals surface area (Å²) in [5.74, 6) is 0.267. The van der Waals surface area contributed by atoms with Crippen molar-refractivity contribution in [3.63, 3.8) is 0 Å². The molecule has 0 unspecified atom stereocenters.